The van der Waals surface area contributed by atoms with E-state index >= 15 is 8.78 Å². The number of hydrogen-bond donors (Lipinski definition) is 0. The molecule has 12 heteroatoms. The summed E-state index contributed by atoms with van der Waals surface area (Å²) in [6, 6.07) is 8.21. The molecular formula is C28H10BF11. The Labute approximate surface area is 218 Å². The van der Waals surface area contributed by atoms with Crippen molar-refractivity contribution in [3.63, 3.8) is 0 Å². The van der Waals surface area contributed by atoms with E-state index in [9.17, 15) is 39.5 Å². The molecule has 0 bridgehead atoms. The quantitative estimate of drug-likeness (QED) is 0.100. The van der Waals surface area contributed by atoms with E-state index in [4.69, 9.17) is 0 Å². The lowest BCUT2D eigenvalue weighted by atomic mass is 9.35. The smallest absolute Gasteiger partial charge is 0.207 e. The summed E-state index contributed by atoms with van der Waals surface area (Å²) in [4.78, 5) is 0. The van der Waals surface area contributed by atoms with E-state index in [0.717, 1.165) is 24.3 Å². The first-order chi connectivity index (χ1) is 18.9. The molecule has 0 fully saturated rings. The summed E-state index contributed by atoms with van der Waals surface area (Å²) < 4.78 is 160. The standard InChI is InChI=1S/C28H10BF11/c30-11-9-14-16(6-8-17(31)20(14)19(33)10-11)29(21-24(36)26(38)28(40)27(39)25(21)37)15-4-2-1-3-12(15)13-5-7-18(32)23(35)22(13)34/h1-10H. The Bertz CT molecular complexity index is 1810. The molecule has 0 heterocycles. The highest BCUT2D eigenvalue weighted by Crippen LogP contribution is 2.28. The number of rotatable bonds is 4. The number of fused-ring (bicyclic) bond motifs is 1. The third-order valence-corrected chi connectivity index (χ3v) is 6.45. The van der Waals surface area contributed by atoms with E-state index in [1.807, 2.05) is 0 Å². The minimum Gasteiger partial charge on any atom is -0.207 e. The van der Waals surface area contributed by atoms with Crippen molar-refractivity contribution < 1.29 is 48.3 Å². The Morgan fingerprint density at radius 3 is 1.70 bits per heavy atom. The van der Waals surface area contributed by atoms with Crippen molar-refractivity contribution in [2.45, 2.75) is 0 Å². The summed E-state index contributed by atoms with van der Waals surface area (Å²) >= 11 is 0. The highest BCUT2D eigenvalue weighted by molar-refractivity contribution is 6.97. The Morgan fingerprint density at radius 1 is 0.425 bits per heavy atom. The molecule has 0 N–H and O–H groups in total. The van der Waals surface area contributed by atoms with Gasteiger partial charge < -0.3 is 0 Å². The van der Waals surface area contributed by atoms with E-state index in [1.165, 1.54) is 12.1 Å². The van der Waals surface area contributed by atoms with Crippen molar-refractivity contribution in [1.82, 2.24) is 0 Å². The lowest BCUT2D eigenvalue weighted by Gasteiger charge is -2.23. The van der Waals surface area contributed by atoms with Gasteiger partial charge in [0.25, 0.3) is 6.71 Å². The second kappa shape index (κ2) is 10.00. The molecule has 0 aromatic heterocycles. The molecule has 0 aliphatic carbocycles. The first-order valence-electron chi connectivity index (χ1n) is 11.2. The van der Waals surface area contributed by atoms with E-state index in [2.05, 4.69) is 0 Å². The molecule has 0 aliphatic heterocycles. The largest absolute Gasteiger partial charge is 0.250 e. The van der Waals surface area contributed by atoms with Gasteiger partial charge in [-0.15, -0.1) is 0 Å². The van der Waals surface area contributed by atoms with Crippen LogP contribution in [0, 0.1) is 64.0 Å². The maximum absolute atomic E-state index is 15.3. The molecular weight excluding hydrogens is 556 g/mol. The summed E-state index contributed by atoms with van der Waals surface area (Å²) in [6.45, 7) is -2.17. The van der Waals surface area contributed by atoms with Gasteiger partial charge in [0.15, 0.2) is 46.5 Å². The topological polar surface area (TPSA) is 0 Å². The highest BCUT2D eigenvalue weighted by Gasteiger charge is 2.37. The average Bonchev–Trinajstić information content (AvgIpc) is 2.92. The van der Waals surface area contributed by atoms with Crippen LogP contribution in [0.2, 0.25) is 0 Å². The van der Waals surface area contributed by atoms with E-state index < -0.39 is 109 Å². The van der Waals surface area contributed by atoms with Gasteiger partial charge in [-0.05, 0) is 35.2 Å². The Kier molecular flexibility index (Phi) is 6.81. The summed E-state index contributed by atoms with van der Waals surface area (Å²) in [6.07, 6.45) is 0. The highest BCUT2D eigenvalue weighted by atomic mass is 19.2. The molecule has 0 amide bonds. The molecule has 0 saturated carbocycles. The Morgan fingerprint density at radius 2 is 1.02 bits per heavy atom. The molecule has 5 aromatic rings. The van der Waals surface area contributed by atoms with Crippen LogP contribution in [0.15, 0.2) is 60.7 Å². The van der Waals surface area contributed by atoms with Crippen LogP contribution in [0.4, 0.5) is 48.3 Å². The SMILES string of the molecule is Fc1cc(F)c2c(F)ccc(B(c3ccccc3-c3ccc(F)c(F)c3F)c3c(F)c(F)c(F)c(F)c3F)c2c1. The van der Waals surface area contributed by atoms with Crippen molar-refractivity contribution in [2.24, 2.45) is 0 Å². The van der Waals surface area contributed by atoms with E-state index in [0.29, 0.717) is 24.3 Å². The van der Waals surface area contributed by atoms with Crippen LogP contribution in [-0.2, 0) is 0 Å². The van der Waals surface area contributed by atoms with Crippen molar-refractivity contribution in [1.29, 1.82) is 0 Å². The monoisotopic (exact) mass is 566 g/mol. The Hall–Kier alpha value is -4.35. The zero-order valence-electron chi connectivity index (χ0n) is 19.5. The molecule has 0 aliphatic rings. The summed E-state index contributed by atoms with van der Waals surface area (Å²) in [7, 11) is 0. The lowest BCUT2D eigenvalue weighted by Crippen LogP contribution is -2.56. The van der Waals surface area contributed by atoms with Crippen LogP contribution in [-0.4, -0.2) is 6.71 Å². The normalized spacial score (nSPS) is 11.4. The molecule has 0 atom stereocenters. The van der Waals surface area contributed by atoms with Crippen LogP contribution in [0.5, 0.6) is 0 Å². The zero-order chi connectivity index (χ0) is 29.0. The maximum Gasteiger partial charge on any atom is 0.250 e. The summed E-state index contributed by atoms with van der Waals surface area (Å²) in [5, 5.41) is -1.52. The van der Waals surface area contributed by atoms with Crippen LogP contribution in [0.25, 0.3) is 21.9 Å². The van der Waals surface area contributed by atoms with Gasteiger partial charge in [0, 0.05) is 17.1 Å². The molecule has 0 unspecified atom stereocenters. The molecule has 5 rings (SSSR count). The van der Waals surface area contributed by atoms with Gasteiger partial charge in [0.05, 0.1) is 5.39 Å². The number of hydrogen-bond acceptors (Lipinski definition) is 0. The van der Waals surface area contributed by atoms with Crippen LogP contribution >= 0.6 is 0 Å². The second-order valence-electron chi connectivity index (χ2n) is 8.67. The third-order valence-electron chi connectivity index (χ3n) is 6.45. The summed E-state index contributed by atoms with van der Waals surface area (Å²) in [5.41, 5.74) is -3.60. The molecule has 202 valence electrons. The number of halogens is 11. The summed E-state index contributed by atoms with van der Waals surface area (Å²) in [5.74, 6) is -21.1. The lowest BCUT2D eigenvalue weighted by molar-refractivity contribution is 0.384. The van der Waals surface area contributed by atoms with Gasteiger partial charge in [-0.2, -0.15) is 0 Å². The van der Waals surface area contributed by atoms with Crippen molar-refractivity contribution in [3.05, 3.63) is 125 Å². The van der Waals surface area contributed by atoms with Gasteiger partial charge in [-0.1, -0.05) is 41.3 Å². The molecule has 0 saturated heterocycles. The molecule has 5 aromatic carbocycles. The molecule has 0 radical (unpaired) electrons. The Balaban J connectivity index is 1.97. The molecule has 0 nitrogen and oxygen atoms in total. The van der Waals surface area contributed by atoms with E-state index in [1.54, 1.807) is 0 Å². The van der Waals surface area contributed by atoms with Crippen LogP contribution in [0.1, 0.15) is 0 Å². The maximum atomic E-state index is 15.3. The van der Waals surface area contributed by atoms with Crippen LogP contribution < -0.4 is 16.4 Å². The first-order valence-corrected chi connectivity index (χ1v) is 11.2. The predicted molar refractivity (Wildman–Crippen MR) is 126 cm³/mol. The fourth-order valence-corrected chi connectivity index (χ4v) is 4.71. The van der Waals surface area contributed by atoms with Crippen molar-refractivity contribution >= 4 is 33.9 Å². The van der Waals surface area contributed by atoms with Gasteiger partial charge in [-0.3, -0.25) is 0 Å². The van der Waals surface area contributed by atoms with Crippen molar-refractivity contribution in [2.75, 3.05) is 0 Å². The fraction of sp³-hybridized carbons (Fsp3) is 0. The molecule has 0 spiro atoms. The number of benzene rings is 5. The third kappa shape index (κ3) is 4.18. The van der Waals surface area contributed by atoms with Gasteiger partial charge in [0.1, 0.15) is 17.5 Å². The van der Waals surface area contributed by atoms with Crippen molar-refractivity contribution in [3.8, 4) is 11.1 Å². The van der Waals surface area contributed by atoms with Gasteiger partial charge in [-0.25, -0.2) is 48.3 Å². The second-order valence-corrected chi connectivity index (χ2v) is 8.67. The zero-order valence-corrected chi connectivity index (χ0v) is 19.5. The van der Waals surface area contributed by atoms with Crippen LogP contribution in [0.3, 0.4) is 0 Å². The first kappa shape index (κ1) is 27.2. The minimum atomic E-state index is -2.50. The minimum absolute atomic E-state index is 0.313. The molecule has 40 heavy (non-hydrogen) atoms. The van der Waals surface area contributed by atoms with E-state index in [-0.39, 0.29) is 0 Å². The predicted octanol–water partition coefficient (Wildman–Crippen LogP) is 6.55. The van der Waals surface area contributed by atoms with Gasteiger partial charge >= 0.3 is 0 Å². The average molecular weight is 566 g/mol. The fourth-order valence-electron chi connectivity index (χ4n) is 4.71. The van der Waals surface area contributed by atoms with Gasteiger partial charge in [0.2, 0.25) is 0 Å².